The molecule has 1 aliphatic heterocycles. The minimum atomic E-state index is -0.426. The van der Waals surface area contributed by atoms with E-state index < -0.39 is 6.04 Å². The molecular weight excluding hydrogens is 538 g/mol. The van der Waals surface area contributed by atoms with E-state index in [1.165, 1.54) is 17.5 Å². The lowest BCUT2D eigenvalue weighted by molar-refractivity contribution is -0.134. The van der Waals surface area contributed by atoms with Gasteiger partial charge < -0.3 is 25.3 Å². The van der Waals surface area contributed by atoms with Gasteiger partial charge in [0.05, 0.1) is 16.8 Å². The van der Waals surface area contributed by atoms with Crippen LogP contribution >= 0.6 is 22.9 Å². The highest BCUT2D eigenvalue weighted by Crippen LogP contribution is 2.29. The third kappa shape index (κ3) is 6.77. The van der Waals surface area contributed by atoms with E-state index in [0.717, 1.165) is 30.1 Å². The molecule has 2 N–H and O–H groups in total. The van der Waals surface area contributed by atoms with E-state index in [-0.39, 0.29) is 29.7 Å². The summed E-state index contributed by atoms with van der Waals surface area (Å²) in [5.74, 6) is -0.196. The van der Waals surface area contributed by atoms with Gasteiger partial charge in [0.1, 0.15) is 11.5 Å². The number of anilines is 1. The summed E-state index contributed by atoms with van der Waals surface area (Å²) in [6.07, 6.45) is 5.67. The third-order valence-electron chi connectivity index (χ3n) is 7.31. The molecule has 1 saturated carbocycles. The molecule has 0 bridgehead atoms. The van der Waals surface area contributed by atoms with Crippen LogP contribution in [0.1, 0.15) is 46.6 Å². The number of rotatable bonds is 7. The molecule has 2 aliphatic rings. The lowest BCUT2D eigenvalue weighted by atomic mass is 9.81. The Labute approximate surface area is 238 Å². The molecule has 1 fully saturated rings. The van der Waals surface area contributed by atoms with E-state index in [4.69, 9.17) is 11.6 Å². The number of hydrogen-bond acceptors (Lipinski definition) is 8. The van der Waals surface area contributed by atoms with Gasteiger partial charge >= 0.3 is 0 Å². The van der Waals surface area contributed by atoms with Crippen molar-refractivity contribution >= 4 is 46.5 Å². The van der Waals surface area contributed by atoms with Crippen LogP contribution in [0.3, 0.4) is 0 Å². The predicted molar refractivity (Wildman–Crippen MR) is 153 cm³/mol. The summed E-state index contributed by atoms with van der Waals surface area (Å²) in [7, 11) is 7.29. The van der Waals surface area contributed by atoms with E-state index in [2.05, 4.69) is 32.5 Å². The number of likely N-dealkylation sites (N-methyl/N-ethyl adjacent to an activating group) is 2. The Bertz CT molecular complexity index is 1250. The van der Waals surface area contributed by atoms with E-state index in [1.54, 1.807) is 56.1 Å². The molecule has 4 rings (SSSR count). The van der Waals surface area contributed by atoms with Gasteiger partial charge in [0.15, 0.2) is 5.01 Å². The van der Waals surface area contributed by atoms with Gasteiger partial charge in [-0.2, -0.15) is 0 Å². The summed E-state index contributed by atoms with van der Waals surface area (Å²) >= 11 is 7.38. The van der Waals surface area contributed by atoms with Gasteiger partial charge in [0.25, 0.3) is 11.8 Å². The van der Waals surface area contributed by atoms with Gasteiger partial charge in [0, 0.05) is 63.7 Å². The number of amides is 3. The molecular formula is C27H36ClN7O3S. The summed E-state index contributed by atoms with van der Waals surface area (Å²) in [4.78, 5) is 55.1. The maximum absolute atomic E-state index is 13.4. The highest BCUT2D eigenvalue weighted by molar-refractivity contribution is 7.13. The fourth-order valence-electron chi connectivity index (χ4n) is 5.15. The standard InChI is InChI=1S/C27H36ClN7O3S/c1-6-21(35(5)23-10-8-17(28)14-29-23)24(36)30-18-9-7-16(27(38)33(2)3)13-20(18)31-25(37)26-32-19-11-12-34(4)15-22(19)39-26/h6,8,10,14,16,18,20H,7,9,11-13,15H2,1-5H3,(H,30,36)(H,31,37)/b21-6-/t16-,18-,20+/m0/s1. The number of fused-ring (bicyclic) bond motifs is 1. The first-order valence-corrected chi connectivity index (χ1v) is 14.3. The molecule has 1 aliphatic carbocycles. The van der Waals surface area contributed by atoms with E-state index in [9.17, 15) is 14.4 Å². The number of aromatic nitrogens is 2. The van der Waals surface area contributed by atoms with Crippen LogP contribution in [0.4, 0.5) is 5.82 Å². The summed E-state index contributed by atoms with van der Waals surface area (Å²) in [5.41, 5.74) is 1.40. The number of thiazole rings is 1. The molecule has 3 amide bonds. The molecule has 12 heteroatoms. The molecule has 3 atom stereocenters. The van der Waals surface area contributed by atoms with E-state index in [1.807, 2.05) is 0 Å². The van der Waals surface area contributed by atoms with Crippen molar-refractivity contribution in [3.8, 4) is 0 Å². The van der Waals surface area contributed by atoms with Crippen molar-refractivity contribution in [2.75, 3.05) is 39.6 Å². The van der Waals surface area contributed by atoms with Crippen molar-refractivity contribution in [1.29, 1.82) is 0 Å². The fraction of sp³-hybridized carbons (Fsp3) is 0.519. The Morgan fingerprint density at radius 2 is 1.92 bits per heavy atom. The number of pyridine rings is 1. The number of nitrogens with one attached hydrogen (secondary N) is 2. The molecule has 0 radical (unpaired) electrons. The normalized spacial score (nSPS) is 21.6. The van der Waals surface area contributed by atoms with Crippen LogP contribution in [0.25, 0.3) is 0 Å². The topological polar surface area (TPSA) is 111 Å². The quantitative estimate of drug-likeness (QED) is 0.490. The summed E-state index contributed by atoms with van der Waals surface area (Å²) in [5, 5.41) is 7.15. The highest BCUT2D eigenvalue weighted by atomic mass is 35.5. The Morgan fingerprint density at radius 1 is 1.15 bits per heavy atom. The smallest absolute Gasteiger partial charge is 0.280 e. The monoisotopic (exact) mass is 573 g/mol. The zero-order valence-corrected chi connectivity index (χ0v) is 24.6. The number of halogens is 1. The molecule has 0 unspecified atom stereocenters. The van der Waals surface area contributed by atoms with Gasteiger partial charge in [-0.15, -0.1) is 11.3 Å². The zero-order chi connectivity index (χ0) is 28.3. The molecule has 2 aromatic rings. The average Bonchev–Trinajstić information content (AvgIpc) is 3.33. The summed E-state index contributed by atoms with van der Waals surface area (Å²) in [6.45, 7) is 3.48. The largest absolute Gasteiger partial charge is 0.349 e. The second kappa shape index (κ2) is 12.4. The Balaban J connectivity index is 1.51. The Kier molecular flexibility index (Phi) is 9.24. The van der Waals surface area contributed by atoms with E-state index in [0.29, 0.717) is 40.8 Å². The predicted octanol–water partition coefficient (Wildman–Crippen LogP) is 2.69. The second-order valence-corrected chi connectivity index (χ2v) is 11.9. The Hall–Kier alpha value is -3.02. The maximum Gasteiger partial charge on any atom is 0.280 e. The minimum absolute atomic E-state index is 0.0227. The van der Waals surface area contributed by atoms with Crippen LogP contribution in [0, 0.1) is 5.92 Å². The minimum Gasteiger partial charge on any atom is -0.349 e. The molecule has 39 heavy (non-hydrogen) atoms. The van der Waals surface area contributed by atoms with Gasteiger partial charge in [-0.05, 0) is 45.4 Å². The van der Waals surface area contributed by atoms with Gasteiger partial charge in [-0.3, -0.25) is 14.4 Å². The first-order valence-electron chi connectivity index (χ1n) is 13.1. The lowest BCUT2D eigenvalue weighted by Gasteiger charge is -2.37. The number of nitrogens with zero attached hydrogens (tertiary/aromatic N) is 5. The van der Waals surface area contributed by atoms with Crippen LogP contribution in [-0.4, -0.2) is 84.3 Å². The van der Waals surface area contributed by atoms with Crippen LogP contribution in [-0.2, 0) is 22.6 Å². The van der Waals surface area contributed by atoms with Crippen molar-refractivity contribution in [2.24, 2.45) is 5.92 Å². The van der Waals surface area contributed by atoms with Gasteiger partial charge in [0.2, 0.25) is 5.91 Å². The highest BCUT2D eigenvalue weighted by Gasteiger charge is 2.37. The maximum atomic E-state index is 13.4. The summed E-state index contributed by atoms with van der Waals surface area (Å²) in [6, 6.07) is 2.68. The molecule has 3 heterocycles. The van der Waals surface area contributed by atoms with Gasteiger partial charge in [-0.1, -0.05) is 17.7 Å². The van der Waals surface area contributed by atoms with Crippen molar-refractivity contribution in [1.82, 2.24) is 30.4 Å². The van der Waals surface area contributed by atoms with Crippen LogP contribution in [0.5, 0.6) is 0 Å². The number of carbonyl (C=O) groups excluding carboxylic acids is 3. The zero-order valence-electron chi connectivity index (χ0n) is 23.0. The SMILES string of the molecule is C/C=C(/C(=O)N[C@H]1CC[C@H](C(=O)N(C)C)C[C@H]1NC(=O)c1nc2c(s1)CN(C)CC2)N(C)c1ccc(Cl)cn1. The Morgan fingerprint density at radius 3 is 2.59 bits per heavy atom. The third-order valence-corrected chi connectivity index (χ3v) is 8.62. The van der Waals surface area contributed by atoms with Crippen molar-refractivity contribution in [2.45, 2.75) is 51.2 Å². The van der Waals surface area contributed by atoms with Gasteiger partial charge in [-0.25, -0.2) is 9.97 Å². The first kappa shape index (κ1) is 29.0. The molecule has 10 nitrogen and oxygen atoms in total. The van der Waals surface area contributed by atoms with Crippen molar-refractivity contribution in [3.63, 3.8) is 0 Å². The first-order chi connectivity index (χ1) is 18.6. The molecule has 210 valence electrons. The number of allylic oxidation sites excluding steroid dienone is 1. The average molecular weight is 574 g/mol. The fourth-order valence-corrected chi connectivity index (χ4v) is 6.36. The number of hydrogen-bond donors (Lipinski definition) is 2. The second-order valence-electron chi connectivity index (χ2n) is 10.3. The van der Waals surface area contributed by atoms with Crippen molar-refractivity contribution in [3.05, 3.63) is 50.7 Å². The van der Waals surface area contributed by atoms with E-state index >= 15 is 0 Å². The molecule has 0 spiro atoms. The number of carbonyl (C=O) groups is 3. The lowest BCUT2D eigenvalue weighted by Crippen LogP contribution is -2.56. The van der Waals surface area contributed by atoms with Crippen LogP contribution in [0.2, 0.25) is 5.02 Å². The molecule has 0 aromatic carbocycles. The van der Waals surface area contributed by atoms with Crippen molar-refractivity contribution < 1.29 is 14.4 Å². The van der Waals surface area contributed by atoms with Crippen LogP contribution in [0.15, 0.2) is 30.1 Å². The molecule has 0 saturated heterocycles. The van der Waals surface area contributed by atoms with Crippen LogP contribution < -0.4 is 15.5 Å². The molecule has 2 aromatic heterocycles. The summed E-state index contributed by atoms with van der Waals surface area (Å²) < 4.78 is 0.